The van der Waals surface area contributed by atoms with Gasteiger partial charge < -0.3 is 10.6 Å². The Bertz CT molecular complexity index is 367. The maximum absolute atomic E-state index is 12.2. The molecule has 2 aliphatic heterocycles. The first-order chi connectivity index (χ1) is 10.9. The summed E-state index contributed by atoms with van der Waals surface area (Å²) in [5, 5.41) is 6.58. The minimum absolute atomic E-state index is 0.0490. The van der Waals surface area contributed by atoms with Crippen molar-refractivity contribution in [3.05, 3.63) is 0 Å². The van der Waals surface area contributed by atoms with Gasteiger partial charge in [-0.1, -0.05) is 13.8 Å². The second kappa shape index (κ2) is 8.48. The molecule has 0 bridgehead atoms. The maximum Gasteiger partial charge on any atom is 0.220 e. The molecule has 4 heteroatoms. The Morgan fingerprint density at radius 1 is 1.17 bits per heavy atom. The Kier molecular flexibility index (Phi) is 6.90. The summed E-state index contributed by atoms with van der Waals surface area (Å²) in [6.07, 6.45) is 5.51. The SMILES string of the molecule is CC1CC(C)CN(C(C)(C)CNC(=O)CCC2CCNCC2)C1. The average Bonchev–Trinajstić information content (AvgIpc) is 2.51. The minimum atomic E-state index is 0.0490. The number of amides is 1. The van der Waals surface area contributed by atoms with E-state index in [1.165, 1.54) is 19.3 Å². The summed E-state index contributed by atoms with van der Waals surface area (Å²) in [7, 11) is 0. The van der Waals surface area contributed by atoms with Crippen LogP contribution in [0.15, 0.2) is 0 Å². The second-order valence-corrected chi connectivity index (χ2v) is 8.67. The van der Waals surface area contributed by atoms with E-state index >= 15 is 0 Å². The molecule has 0 aromatic carbocycles. The molecule has 2 rings (SSSR count). The highest BCUT2D eigenvalue weighted by molar-refractivity contribution is 5.75. The molecule has 0 aromatic heterocycles. The molecule has 0 aliphatic carbocycles. The Morgan fingerprint density at radius 3 is 2.39 bits per heavy atom. The van der Waals surface area contributed by atoms with Gasteiger partial charge in [-0.2, -0.15) is 0 Å². The topological polar surface area (TPSA) is 44.4 Å². The van der Waals surface area contributed by atoms with Crippen molar-refractivity contribution in [1.29, 1.82) is 0 Å². The fourth-order valence-electron chi connectivity index (χ4n) is 4.18. The fraction of sp³-hybridized carbons (Fsp3) is 0.947. The molecular formula is C19H37N3O. The smallest absolute Gasteiger partial charge is 0.220 e. The molecule has 2 unspecified atom stereocenters. The number of nitrogens with one attached hydrogen (secondary N) is 2. The van der Waals surface area contributed by atoms with Crippen LogP contribution in [0, 0.1) is 17.8 Å². The molecule has 2 aliphatic rings. The number of piperidine rings is 2. The van der Waals surface area contributed by atoms with Gasteiger partial charge in [0.1, 0.15) is 0 Å². The van der Waals surface area contributed by atoms with Gasteiger partial charge in [0.2, 0.25) is 5.91 Å². The molecular weight excluding hydrogens is 286 g/mol. The maximum atomic E-state index is 12.2. The predicted octanol–water partition coefficient (Wildman–Crippen LogP) is 2.64. The van der Waals surface area contributed by atoms with Crippen LogP contribution in [0.3, 0.4) is 0 Å². The standard InChI is InChI=1S/C19H37N3O/c1-15-11-16(2)13-22(12-15)19(3,4)14-21-18(23)6-5-17-7-9-20-10-8-17/h15-17,20H,5-14H2,1-4H3,(H,21,23). The Hall–Kier alpha value is -0.610. The number of carbonyl (C=O) groups excluding carboxylic acids is 1. The third-order valence-electron chi connectivity index (χ3n) is 5.68. The van der Waals surface area contributed by atoms with Gasteiger partial charge in [-0.3, -0.25) is 9.69 Å². The van der Waals surface area contributed by atoms with E-state index in [-0.39, 0.29) is 11.4 Å². The molecule has 0 saturated carbocycles. The monoisotopic (exact) mass is 323 g/mol. The van der Waals surface area contributed by atoms with E-state index in [4.69, 9.17) is 0 Å². The highest BCUT2D eigenvalue weighted by Gasteiger charge is 2.32. The second-order valence-electron chi connectivity index (χ2n) is 8.67. The summed E-state index contributed by atoms with van der Waals surface area (Å²) in [6, 6.07) is 0. The average molecular weight is 324 g/mol. The lowest BCUT2D eigenvalue weighted by Gasteiger charge is -2.45. The number of nitrogens with zero attached hydrogens (tertiary/aromatic N) is 1. The first-order valence-corrected chi connectivity index (χ1v) is 9.59. The first-order valence-electron chi connectivity index (χ1n) is 9.59. The largest absolute Gasteiger partial charge is 0.354 e. The molecule has 2 saturated heterocycles. The van der Waals surface area contributed by atoms with E-state index in [0.717, 1.165) is 56.9 Å². The number of hydrogen-bond acceptors (Lipinski definition) is 3. The first kappa shape index (κ1) is 18.7. The summed E-state index contributed by atoms with van der Waals surface area (Å²) < 4.78 is 0. The molecule has 1 amide bonds. The zero-order chi connectivity index (χ0) is 16.9. The van der Waals surface area contributed by atoms with Crippen LogP contribution in [0.4, 0.5) is 0 Å². The van der Waals surface area contributed by atoms with Crippen molar-refractivity contribution in [2.24, 2.45) is 17.8 Å². The van der Waals surface area contributed by atoms with Gasteiger partial charge in [-0.15, -0.1) is 0 Å². The molecule has 2 fully saturated rings. The van der Waals surface area contributed by atoms with E-state index in [0.29, 0.717) is 6.42 Å². The van der Waals surface area contributed by atoms with Gasteiger partial charge in [-0.05, 0) is 70.4 Å². The van der Waals surface area contributed by atoms with E-state index in [9.17, 15) is 4.79 Å². The van der Waals surface area contributed by atoms with Gasteiger partial charge in [0.05, 0.1) is 0 Å². The molecule has 0 radical (unpaired) electrons. The predicted molar refractivity (Wildman–Crippen MR) is 96.4 cm³/mol. The molecule has 0 spiro atoms. The van der Waals surface area contributed by atoms with Crippen LogP contribution in [0.1, 0.15) is 59.8 Å². The number of carbonyl (C=O) groups is 1. The summed E-state index contributed by atoms with van der Waals surface area (Å²) >= 11 is 0. The molecule has 23 heavy (non-hydrogen) atoms. The lowest BCUT2D eigenvalue weighted by atomic mass is 9.88. The quantitative estimate of drug-likeness (QED) is 0.790. The normalized spacial score (nSPS) is 27.8. The van der Waals surface area contributed by atoms with Crippen LogP contribution < -0.4 is 10.6 Å². The van der Waals surface area contributed by atoms with Gasteiger partial charge in [0.25, 0.3) is 0 Å². The zero-order valence-electron chi connectivity index (χ0n) is 15.7. The van der Waals surface area contributed by atoms with E-state index < -0.39 is 0 Å². The minimum Gasteiger partial charge on any atom is -0.354 e. The van der Waals surface area contributed by atoms with E-state index in [2.05, 4.69) is 43.2 Å². The van der Waals surface area contributed by atoms with Crippen LogP contribution in [-0.2, 0) is 4.79 Å². The molecule has 2 N–H and O–H groups in total. The van der Waals surface area contributed by atoms with Crippen LogP contribution in [0.25, 0.3) is 0 Å². The van der Waals surface area contributed by atoms with Crippen molar-refractivity contribution >= 4 is 5.91 Å². The van der Waals surface area contributed by atoms with Crippen LogP contribution >= 0.6 is 0 Å². The van der Waals surface area contributed by atoms with Crippen molar-refractivity contribution in [2.45, 2.75) is 65.3 Å². The summed E-state index contributed by atoms with van der Waals surface area (Å²) in [5.74, 6) is 2.48. The van der Waals surface area contributed by atoms with Crippen molar-refractivity contribution in [1.82, 2.24) is 15.5 Å². The lowest BCUT2D eigenvalue weighted by Crippen LogP contribution is -2.56. The summed E-state index contributed by atoms with van der Waals surface area (Å²) in [6.45, 7) is 14.5. The van der Waals surface area contributed by atoms with Crippen molar-refractivity contribution < 1.29 is 4.79 Å². The van der Waals surface area contributed by atoms with Gasteiger partial charge >= 0.3 is 0 Å². The van der Waals surface area contributed by atoms with E-state index in [1.807, 2.05) is 0 Å². The zero-order valence-corrected chi connectivity index (χ0v) is 15.7. The number of rotatable bonds is 6. The van der Waals surface area contributed by atoms with E-state index in [1.54, 1.807) is 0 Å². The highest BCUT2D eigenvalue weighted by Crippen LogP contribution is 2.27. The molecule has 4 nitrogen and oxygen atoms in total. The van der Waals surface area contributed by atoms with Crippen molar-refractivity contribution in [3.8, 4) is 0 Å². The number of hydrogen-bond donors (Lipinski definition) is 2. The summed E-state index contributed by atoms with van der Waals surface area (Å²) in [5.41, 5.74) is 0.0490. The molecule has 0 aromatic rings. The van der Waals surface area contributed by atoms with Crippen molar-refractivity contribution in [3.63, 3.8) is 0 Å². The third-order valence-corrected chi connectivity index (χ3v) is 5.68. The Labute approximate surface area is 142 Å². The Morgan fingerprint density at radius 2 is 1.78 bits per heavy atom. The summed E-state index contributed by atoms with van der Waals surface area (Å²) in [4.78, 5) is 14.8. The molecule has 2 atom stereocenters. The Balaban J connectivity index is 1.71. The van der Waals surface area contributed by atoms with Gasteiger partial charge in [-0.25, -0.2) is 0 Å². The molecule has 134 valence electrons. The fourth-order valence-corrected chi connectivity index (χ4v) is 4.18. The van der Waals surface area contributed by atoms with Gasteiger partial charge in [0, 0.05) is 31.6 Å². The third kappa shape index (κ3) is 6.07. The van der Waals surface area contributed by atoms with Gasteiger partial charge in [0.15, 0.2) is 0 Å². The number of likely N-dealkylation sites (tertiary alicyclic amines) is 1. The van der Waals surface area contributed by atoms with Crippen LogP contribution in [-0.4, -0.2) is 49.1 Å². The van der Waals surface area contributed by atoms with Crippen LogP contribution in [0.2, 0.25) is 0 Å². The van der Waals surface area contributed by atoms with Crippen LogP contribution in [0.5, 0.6) is 0 Å². The highest BCUT2D eigenvalue weighted by atomic mass is 16.1. The molecule has 2 heterocycles. The van der Waals surface area contributed by atoms with Crippen molar-refractivity contribution in [2.75, 3.05) is 32.7 Å². The lowest BCUT2D eigenvalue weighted by molar-refractivity contribution is -0.122.